The topological polar surface area (TPSA) is 115 Å². The summed E-state index contributed by atoms with van der Waals surface area (Å²) in [6.45, 7) is 6.30. The van der Waals surface area contributed by atoms with Gasteiger partial charge < -0.3 is 29.0 Å². The van der Waals surface area contributed by atoms with Gasteiger partial charge in [-0.3, -0.25) is 9.59 Å². The largest absolute Gasteiger partial charge is 0.493 e. The van der Waals surface area contributed by atoms with Crippen molar-refractivity contribution in [3.8, 4) is 11.5 Å². The van der Waals surface area contributed by atoms with E-state index in [1.807, 2.05) is 60.3 Å². The molecule has 49 heavy (non-hydrogen) atoms. The number of carbonyl (C=O) groups excluding carboxylic acids is 3. The molecule has 11 nitrogen and oxygen atoms in total. The molecule has 0 spiro atoms. The fraction of sp³-hybridized carbons (Fsp3) is 0.526. The number of nitrogens with zero attached hydrogens (tertiary/aromatic N) is 4. The molecule has 2 aliphatic heterocycles. The highest BCUT2D eigenvalue weighted by molar-refractivity contribution is 6.07. The molecule has 1 aliphatic carbocycles. The number of nitrogens with one attached hydrogen (secondary N) is 1. The molecule has 1 saturated heterocycles. The number of hydrazone groups is 1. The predicted molar refractivity (Wildman–Crippen MR) is 188 cm³/mol. The van der Waals surface area contributed by atoms with Gasteiger partial charge in [0.2, 0.25) is 11.8 Å². The number of hydrogen-bond acceptors (Lipinski definition) is 7. The lowest BCUT2D eigenvalue weighted by molar-refractivity contribution is -0.143. The first-order valence-electron chi connectivity index (χ1n) is 17.4. The van der Waals surface area contributed by atoms with Crippen LogP contribution in [-0.4, -0.2) is 83.1 Å². The molecule has 3 heterocycles. The highest BCUT2D eigenvalue weighted by Gasteiger charge is 2.44. The highest BCUT2D eigenvalue weighted by atomic mass is 16.6. The molecule has 2 fully saturated rings. The summed E-state index contributed by atoms with van der Waals surface area (Å²) in [6.07, 6.45) is 6.75. The Hall–Kier alpha value is -4.54. The van der Waals surface area contributed by atoms with E-state index >= 15 is 0 Å². The molecule has 0 radical (unpaired) electrons. The van der Waals surface area contributed by atoms with Gasteiger partial charge in [0, 0.05) is 61.1 Å². The number of rotatable bonds is 8. The van der Waals surface area contributed by atoms with Gasteiger partial charge in [0.25, 0.3) is 0 Å². The number of aryl methyl sites for hydroxylation is 1. The van der Waals surface area contributed by atoms with Gasteiger partial charge in [-0.05, 0) is 76.3 Å². The zero-order valence-electron chi connectivity index (χ0n) is 29.5. The smallest absolute Gasteiger partial charge is 0.408 e. The standard InChI is InChI=1S/C38H49N5O6/c1-38(2,3)49-37(46)39-30(21-25-23-41(4)31-14-10-9-11-27(25)31)36(45)42-19-17-26(18-20-42)43-35(44)29-13-8-7-12-28(29)34(40-43)24-15-16-32(47-5)33(22-24)48-6/h9-11,14-16,22-23,26,28-30H,7-8,12-13,17-21H2,1-6H3,(H,39,46)/t28-,29+,30+/m0/s1. The van der Waals surface area contributed by atoms with Crippen molar-refractivity contribution in [2.45, 2.75) is 83.4 Å². The van der Waals surface area contributed by atoms with Crippen molar-refractivity contribution in [3.63, 3.8) is 0 Å². The van der Waals surface area contributed by atoms with Crippen LogP contribution in [0.25, 0.3) is 10.9 Å². The lowest BCUT2D eigenvalue weighted by Crippen LogP contribution is -2.56. The molecule has 6 rings (SSSR count). The second kappa shape index (κ2) is 14.1. The molecule has 3 amide bonds. The van der Waals surface area contributed by atoms with Crippen LogP contribution in [0.1, 0.15) is 70.4 Å². The third-order valence-corrected chi connectivity index (χ3v) is 10.1. The first-order chi connectivity index (χ1) is 23.5. The second-order valence-electron chi connectivity index (χ2n) is 14.5. The van der Waals surface area contributed by atoms with Gasteiger partial charge >= 0.3 is 6.09 Å². The molecule has 11 heteroatoms. The number of methoxy groups -OCH3 is 2. The molecular formula is C38H49N5O6. The van der Waals surface area contributed by atoms with Crippen molar-refractivity contribution in [2.24, 2.45) is 24.0 Å². The number of benzene rings is 2. The molecule has 1 aromatic heterocycles. The molecule has 0 bridgehead atoms. The average molecular weight is 672 g/mol. The van der Waals surface area contributed by atoms with Gasteiger partial charge in [-0.2, -0.15) is 5.10 Å². The van der Waals surface area contributed by atoms with Crippen LogP contribution in [0.4, 0.5) is 4.79 Å². The highest BCUT2D eigenvalue weighted by Crippen LogP contribution is 2.40. The van der Waals surface area contributed by atoms with Crippen LogP contribution in [0.2, 0.25) is 0 Å². The number of aromatic nitrogens is 1. The summed E-state index contributed by atoms with van der Waals surface area (Å²) in [6, 6.07) is 12.9. The van der Waals surface area contributed by atoms with E-state index in [4.69, 9.17) is 19.3 Å². The second-order valence-corrected chi connectivity index (χ2v) is 14.5. The van der Waals surface area contributed by atoms with Gasteiger partial charge in [-0.1, -0.05) is 31.0 Å². The Labute approximate surface area is 288 Å². The molecule has 3 aromatic rings. The molecule has 2 aromatic carbocycles. The van der Waals surface area contributed by atoms with Crippen LogP contribution in [0, 0.1) is 11.8 Å². The quantitative estimate of drug-likeness (QED) is 0.330. The van der Waals surface area contributed by atoms with Crippen molar-refractivity contribution >= 4 is 34.5 Å². The van der Waals surface area contributed by atoms with Crippen molar-refractivity contribution in [2.75, 3.05) is 27.3 Å². The molecule has 262 valence electrons. The minimum atomic E-state index is -0.813. The van der Waals surface area contributed by atoms with Crippen LogP contribution in [-0.2, 0) is 27.8 Å². The predicted octanol–water partition coefficient (Wildman–Crippen LogP) is 5.68. The van der Waals surface area contributed by atoms with Crippen molar-refractivity contribution in [1.29, 1.82) is 0 Å². The van der Waals surface area contributed by atoms with Crippen LogP contribution in [0.5, 0.6) is 11.5 Å². The molecule has 1 saturated carbocycles. The minimum Gasteiger partial charge on any atom is -0.493 e. The van der Waals surface area contributed by atoms with Gasteiger partial charge in [-0.15, -0.1) is 0 Å². The minimum absolute atomic E-state index is 0.0611. The van der Waals surface area contributed by atoms with E-state index in [0.29, 0.717) is 43.9 Å². The summed E-state index contributed by atoms with van der Waals surface area (Å²) in [5.41, 5.74) is 3.18. The summed E-state index contributed by atoms with van der Waals surface area (Å²) in [5.74, 6) is 1.14. The zero-order valence-corrected chi connectivity index (χ0v) is 29.5. The molecule has 3 aliphatic rings. The van der Waals surface area contributed by atoms with Gasteiger partial charge in [0.1, 0.15) is 11.6 Å². The Morgan fingerprint density at radius 3 is 2.35 bits per heavy atom. The Balaban J connectivity index is 1.21. The van der Waals surface area contributed by atoms with Gasteiger partial charge in [0.15, 0.2) is 11.5 Å². The summed E-state index contributed by atoms with van der Waals surface area (Å²) in [5, 5.41) is 10.7. The van der Waals surface area contributed by atoms with Crippen LogP contribution in [0.3, 0.4) is 0 Å². The number of carbonyl (C=O) groups is 3. The third kappa shape index (κ3) is 7.26. The number of amides is 3. The van der Waals surface area contributed by atoms with E-state index in [1.165, 1.54) is 0 Å². The number of hydrogen-bond donors (Lipinski definition) is 1. The average Bonchev–Trinajstić information content (AvgIpc) is 3.41. The third-order valence-electron chi connectivity index (χ3n) is 10.1. The monoisotopic (exact) mass is 671 g/mol. The lowest BCUT2D eigenvalue weighted by Gasteiger charge is -2.43. The number of alkyl carbamates (subject to hydrolysis) is 1. The molecular weight excluding hydrogens is 622 g/mol. The number of fused-ring (bicyclic) bond motifs is 2. The lowest BCUT2D eigenvalue weighted by atomic mass is 9.73. The van der Waals surface area contributed by atoms with Gasteiger partial charge in [0.05, 0.1) is 26.0 Å². The summed E-state index contributed by atoms with van der Waals surface area (Å²) < 4.78 is 18.7. The van der Waals surface area contributed by atoms with E-state index in [0.717, 1.165) is 53.4 Å². The summed E-state index contributed by atoms with van der Waals surface area (Å²) in [4.78, 5) is 42.9. The van der Waals surface area contributed by atoms with E-state index in [1.54, 1.807) is 44.9 Å². The molecule has 3 atom stereocenters. The summed E-state index contributed by atoms with van der Waals surface area (Å²) in [7, 11) is 5.21. The number of piperidine rings is 1. The number of likely N-dealkylation sites (tertiary alicyclic amines) is 1. The van der Waals surface area contributed by atoms with E-state index in [-0.39, 0.29) is 29.7 Å². The first kappa shape index (κ1) is 34.3. The van der Waals surface area contributed by atoms with Crippen LogP contribution >= 0.6 is 0 Å². The Bertz CT molecular complexity index is 1730. The molecule has 0 unspecified atom stereocenters. The van der Waals surface area contributed by atoms with Crippen LogP contribution in [0.15, 0.2) is 53.8 Å². The fourth-order valence-electron chi connectivity index (χ4n) is 7.70. The van der Waals surface area contributed by atoms with E-state index in [2.05, 4.69) is 5.32 Å². The SMILES string of the molecule is COc1ccc(C2=NN(C3CCN(C(=O)[C@@H](Cc4cn(C)c5ccccc45)NC(=O)OC(C)(C)C)CC3)C(=O)[C@@H]3CCCC[C@H]23)cc1OC. The van der Waals surface area contributed by atoms with Crippen molar-refractivity contribution in [3.05, 3.63) is 59.8 Å². The van der Waals surface area contributed by atoms with Crippen molar-refractivity contribution in [1.82, 2.24) is 19.8 Å². The van der Waals surface area contributed by atoms with Crippen molar-refractivity contribution < 1.29 is 28.6 Å². The fourth-order valence-corrected chi connectivity index (χ4v) is 7.70. The maximum atomic E-state index is 14.2. The van der Waals surface area contributed by atoms with Gasteiger partial charge in [-0.25, -0.2) is 9.80 Å². The maximum absolute atomic E-state index is 14.2. The molecule has 1 N–H and O–H groups in total. The Morgan fingerprint density at radius 2 is 1.65 bits per heavy atom. The number of ether oxygens (including phenoxy) is 3. The number of para-hydroxylation sites is 1. The normalized spacial score (nSPS) is 20.8. The van der Waals surface area contributed by atoms with E-state index in [9.17, 15) is 14.4 Å². The Kier molecular flexibility index (Phi) is 9.90. The summed E-state index contributed by atoms with van der Waals surface area (Å²) >= 11 is 0. The van der Waals surface area contributed by atoms with E-state index < -0.39 is 17.7 Å². The maximum Gasteiger partial charge on any atom is 0.408 e. The van der Waals surface area contributed by atoms with Crippen LogP contribution < -0.4 is 14.8 Å². The Morgan fingerprint density at radius 1 is 0.959 bits per heavy atom. The first-order valence-corrected chi connectivity index (χ1v) is 17.4. The zero-order chi connectivity index (χ0) is 34.9.